The summed E-state index contributed by atoms with van der Waals surface area (Å²) in [7, 11) is 1.35. The maximum Gasteiger partial charge on any atom is 0.373 e. The van der Waals surface area contributed by atoms with Crippen molar-refractivity contribution in [1.82, 2.24) is 5.32 Å². The Morgan fingerprint density at radius 2 is 2.50 bits per heavy atom. The monoisotopic (exact) mass is 195 g/mol. The number of nitrogens with one attached hydrogen (secondary N) is 1. The number of ether oxygens (including phenoxy) is 1. The molecule has 0 amide bonds. The number of rotatable bonds is 2. The molecule has 2 rings (SSSR count). The van der Waals surface area contributed by atoms with Gasteiger partial charge in [0.05, 0.1) is 13.2 Å². The summed E-state index contributed by atoms with van der Waals surface area (Å²) in [6, 6.07) is 3.74. The molecule has 4 heteroatoms. The normalized spacial score (nSPS) is 21.1. The molecular formula is C10H13NO3. The molecule has 0 aromatic carbocycles. The van der Waals surface area contributed by atoms with Gasteiger partial charge in [-0.25, -0.2) is 4.79 Å². The van der Waals surface area contributed by atoms with Crippen LogP contribution < -0.4 is 5.32 Å². The van der Waals surface area contributed by atoms with Crippen LogP contribution in [0.3, 0.4) is 0 Å². The maximum absolute atomic E-state index is 11.1. The Balaban J connectivity index is 2.12. The number of carbonyl (C=O) groups excluding carboxylic acids is 1. The third kappa shape index (κ3) is 1.65. The van der Waals surface area contributed by atoms with Gasteiger partial charge in [-0.05, 0) is 31.5 Å². The SMILES string of the molecule is COC(=O)c1ccc(C2CCCN2)o1. The highest BCUT2D eigenvalue weighted by Crippen LogP contribution is 2.24. The van der Waals surface area contributed by atoms with Gasteiger partial charge in [0, 0.05) is 0 Å². The molecule has 0 aliphatic carbocycles. The van der Waals surface area contributed by atoms with Crippen LogP contribution in [0.25, 0.3) is 0 Å². The Morgan fingerprint density at radius 1 is 1.64 bits per heavy atom. The van der Waals surface area contributed by atoms with E-state index in [0.29, 0.717) is 0 Å². The molecule has 0 saturated carbocycles. The van der Waals surface area contributed by atoms with E-state index in [4.69, 9.17) is 4.42 Å². The molecule has 1 fully saturated rings. The molecule has 1 aliphatic heterocycles. The van der Waals surface area contributed by atoms with Gasteiger partial charge in [-0.1, -0.05) is 0 Å². The summed E-state index contributed by atoms with van der Waals surface area (Å²) in [5.41, 5.74) is 0. The summed E-state index contributed by atoms with van der Waals surface area (Å²) < 4.78 is 9.94. The lowest BCUT2D eigenvalue weighted by atomic mass is 10.2. The van der Waals surface area contributed by atoms with E-state index in [9.17, 15) is 4.79 Å². The Hall–Kier alpha value is -1.29. The first-order chi connectivity index (χ1) is 6.81. The van der Waals surface area contributed by atoms with Crippen molar-refractivity contribution in [2.45, 2.75) is 18.9 Å². The lowest BCUT2D eigenvalue weighted by Gasteiger charge is -2.04. The molecule has 0 bridgehead atoms. The number of furan rings is 1. The Kier molecular flexibility index (Phi) is 2.54. The van der Waals surface area contributed by atoms with Gasteiger partial charge in [-0.2, -0.15) is 0 Å². The van der Waals surface area contributed by atoms with E-state index in [0.717, 1.165) is 25.1 Å². The van der Waals surface area contributed by atoms with Crippen LogP contribution in [0.4, 0.5) is 0 Å². The Bertz CT molecular complexity index is 326. The van der Waals surface area contributed by atoms with Crippen molar-refractivity contribution >= 4 is 5.97 Å². The average molecular weight is 195 g/mol. The van der Waals surface area contributed by atoms with Crippen LogP contribution in [0.5, 0.6) is 0 Å². The van der Waals surface area contributed by atoms with Crippen LogP contribution in [0.2, 0.25) is 0 Å². The van der Waals surface area contributed by atoms with Crippen molar-refractivity contribution in [1.29, 1.82) is 0 Å². The minimum absolute atomic E-state index is 0.258. The zero-order valence-corrected chi connectivity index (χ0v) is 8.08. The summed E-state index contributed by atoms with van der Waals surface area (Å²) in [6.45, 7) is 1.01. The third-order valence-corrected chi connectivity index (χ3v) is 2.42. The van der Waals surface area contributed by atoms with E-state index in [1.165, 1.54) is 7.11 Å². The minimum atomic E-state index is -0.422. The minimum Gasteiger partial charge on any atom is -0.463 e. The van der Waals surface area contributed by atoms with Gasteiger partial charge in [0.25, 0.3) is 0 Å². The van der Waals surface area contributed by atoms with Crippen LogP contribution >= 0.6 is 0 Å². The smallest absolute Gasteiger partial charge is 0.373 e. The molecule has 1 saturated heterocycles. The zero-order chi connectivity index (χ0) is 9.97. The zero-order valence-electron chi connectivity index (χ0n) is 8.08. The van der Waals surface area contributed by atoms with E-state index < -0.39 is 5.97 Å². The Morgan fingerprint density at radius 3 is 3.14 bits per heavy atom. The topological polar surface area (TPSA) is 51.5 Å². The molecule has 0 spiro atoms. The molecule has 2 heterocycles. The largest absolute Gasteiger partial charge is 0.463 e. The molecule has 1 aromatic heterocycles. The van der Waals surface area contributed by atoms with Crippen molar-refractivity contribution in [2.24, 2.45) is 0 Å². The second kappa shape index (κ2) is 3.84. The third-order valence-electron chi connectivity index (χ3n) is 2.42. The van der Waals surface area contributed by atoms with Crippen molar-refractivity contribution in [3.63, 3.8) is 0 Å². The van der Waals surface area contributed by atoms with Gasteiger partial charge in [-0.3, -0.25) is 0 Å². The van der Waals surface area contributed by atoms with E-state index >= 15 is 0 Å². The molecular weight excluding hydrogens is 182 g/mol. The number of esters is 1. The van der Waals surface area contributed by atoms with Gasteiger partial charge in [-0.15, -0.1) is 0 Å². The fourth-order valence-electron chi connectivity index (χ4n) is 1.68. The number of carbonyl (C=O) groups is 1. The summed E-state index contributed by atoms with van der Waals surface area (Å²) in [5.74, 6) is 0.674. The molecule has 76 valence electrons. The first-order valence-corrected chi connectivity index (χ1v) is 4.72. The molecule has 1 atom stereocenters. The standard InChI is InChI=1S/C10H13NO3/c1-13-10(12)9-5-4-8(14-9)7-3-2-6-11-7/h4-5,7,11H,2-3,6H2,1H3. The predicted octanol–water partition coefficient (Wildman–Crippen LogP) is 1.49. The van der Waals surface area contributed by atoms with Crippen LogP contribution in [-0.4, -0.2) is 19.6 Å². The van der Waals surface area contributed by atoms with Gasteiger partial charge in [0.15, 0.2) is 0 Å². The second-order valence-electron chi connectivity index (χ2n) is 3.34. The van der Waals surface area contributed by atoms with Crippen molar-refractivity contribution in [3.05, 3.63) is 23.7 Å². The average Bonchev–Trinajstić information content (AvgIpc) is 2.86. The van der Waals surface area contributed by atoms with Crippen LogP contribution in [0, 0.1) is 0 Å². The number of hydrogen-bond donors (Lipinski definition) is 1. The van der Waals surface area contributed by atoms with Gasteiger partial charge in [0.2, 0.25) is 5.76 Å². The highest BCUT2D eigenvalue weighted by Gasteiger charge is 2.21. The maximum atomic E-state index is 11.1. The number of methoxy groups -OCH3 is 1. The summed E-state index contributed by atoms with van der Waals surface area (Å²) in [5, 5.41) is 3.30. The summed E-state index contributed by atoms with van der Waals surface area (Å²) >= 11 is 0. The van der Waals surface area contributed by atoms with Gasteiger partial charge < -0.3 is 14.5 Å². The Labute approximate surface area is 82.2 Å². The number of hydrogen-bond acceptors (Lipinski definition) is 4. The second-order valence-corrected chi connectivity index (χ2v) is 3.34. The van der Waals surface area contributed by atoms with Crippen LogP contribution in [0.1, 0.15) is 35.2 Å². The molecule has 4 nitrogen and oxygen atoms in total. The highest BCUT2D eigenvalue weighted by atomic mass is 16.5. The van der Waals surface area contributed by atoms with Crippen molar-refractivity contribution in [2.75, 3.05) is 13.7 Å². The summed E-state index contributed by atoms with van der Waals surface area (Å²) in [6.07, 6.45) is 2.22. The molecule has 1 aliphatic rings. The molecule has 14 heavy (non-hydrogen) atoms. The fraction of sp³-hybridized carbons (Fsp3) is 0.500. The van der Waals surface area contributed by atoms with E-state index in [1.54, 1.807) is 6.07 Å². The predicted molar refractivity (Wildman–Crippen MR) is 50.0 cm³/mol. The van der Waals surface area contributed by atoms with Gasteiger partial charge >= 0.3 is 5.97 Å². The highest BCUT2D eigenvalue weighted by molar-refractivity contribution is 5.86. The molecule has 0 radical (unpaired) electrons. The lowest BCUT2D eigenvalue weighted by molar-refractivity contribution is 0.0562. The molecule has 1 aromatic rings. The molecule has 1 N–H and O–H groups in total. The molecule has 1 unspecified atom stereocenters. The van der Waals surface area contributed by atoms with E-state index in [2.05, 4.69) is 10.1 Å². The van der Waals surface area contributed by atoms with Crippen LogP contribution in [0.15, 0.2) is 16.5 Å². The first kappa shape index (κ1) is 9.27. The van der Waals surface area contributed by atoms with Crippen molar-refractivity contribution < 1.29 is 13.9 Å². The van der Waals surface area contributed by atoms with Crippen LogP contribution in [-0.2, 0) is 4.74 Å². The first-order valence-electron chi connectivity index (χ1n) is 4.72. The van der Waals surface area contributed by atoms with Crippen molar-refractivity contribution in [3.8, 4) is 0 Å². The lowest BCUT2D eigenvalue weighted by Crippen LogP contribution is -2.11. The van der Waals surface area contributed by atoms with Gasteiger partial charge in [0.1, 0.15) is 5.76 Å². The van der Waals surface area contributed by atoms with E-state index in [1.807, 2.05) is 6.07 Å². The summed E-state index contributed by atoms with van der Waals surface area (Å²) in [4.78, 5) is 11.1. The fourth-order valence-corrected chi connectivity index (χ4v) is 1.68. The quantitative estimate of drug-likeness (QED) is 0.726. The van der Waals surface area contributed by atoms with E-state index in [-0.39, 0.29) is 11.8 Å².